The maximum Gasteiger partial charge on any atom is 0.293 e. The fourth-order valence-corrected chi connectivity index (χ4v) is 2.84. The predicted octanol–water partition coefficient (Wildman–Crippen LogP) is 0.189. The Kier molecular flexibility index (Phi) is 7.16. The number of carbonyl (C=O) groups is 2. The van der Waals surface area contributed by atoms with Crippen LogP contribution in [0.15, 0.2) is 83.8 Å². The minimum atomic E-state index is -0.717. The SMILES string of the molecule is Nc1nccnc1C(=O)N/N=C(/C(=N/NC(=O)c1nccnc1N)c1ccccn1)c1ccccn1. The monoisotopic (exact) mass is 482 g/mol. The summed E-state index contributed by atoms with van der Waals surface area (Å²) >= 11 is 0. The highest BCUT2D eigenvalue weighted by atomic mass is 16.2. The first-order chi connectivity index (χ1) is 17.5. The van der Waals surface area contributed by atoms with Crippen molar-refractivity contribution in [3.8, 4) is 0 Å². The second kappa shape index (κ2) is 11.0. The summed E-state index contributed by atoms with van der Waals surface area (Å²) in [5.41, 5.74) is 16.8. The summed E-state index contributed by atoms with van der Waals surface area (Å²) in [7, 11) is 0. The molecule has 0 saturated carbocycles. The van der Waals surface area contributed by atoms with Crippen LogP contribution in [0.1, 0.15) is 32.4 Å². The van der Waals surface area contributed by atoms with Crippen LogP contribution in [-0.2, 0) is 0 Å². The molecule has 0 radical (unpaired) electrons. The van der Waals surface area contributed by atoms with E-state index in [2.05, 4.69) is 51.0 Å². The molecule has 4 rings (SSSR count). The average molecular weight is 482 g/mol. The lowest BCUT2D eigenvalue weighted by Gasteiger charge is -2.11. The fourth-order valence-electron chi connectivity index (χ4n) is 2.84. The third-order valence-corrected chi connectivity index (χ3v) is 4.46. The lowest BCUT2D eigenvalue weighted by atomic mass is 10.1. The number of carbonyl (C=O) groups excluding carboxylic acids is 2. The van der Waals surface area contributed by atoms with Gasteiger partial charge in [0.25, 0.3) is 11.8 Å². The van der Waals surface area contributed by atoms with E-state index in [4.69, 9.17) is 11.5 Å². The average Bonchev–Trinajstić information content (AvgIpc) is 2.91. The van der Waals surface area contributed by atoms with Gasteiger partial charge in [-0.25, -0.2) is 30.8 Å². The molecule has 0 fully saturated rings. The van der Waals surface area contributed by atoms with E-state index in [1.54, 1.807) is 36.4 Å². The van der Waals surface area contributed by atoms with Crippen LogP contribution < -0.4 is 22.3 Å². The molecule has 0 aliphatic rings. The zero-order chi connectivity index (χ0) is 25.3. The minimum Gasteiger partial charge on any atom is -0.382 e. The van der Waals surface area contributed by atoms with E-state index in [-0.39, 0.29) is 34.4 Å². The van der Waals surface area contributed by atoms with Crippen LogP contribution >= 0.6 is 0 Å². The molecule has 36 heavy (non-hydrogen) atoms. The zero-order valence-corrected chi connectivity index (χ0v) is 18.5. The zero-order valence-electron chi connectivity index (χ0n) is 18.5. The fraction of sp³-hybridized carbons (Fsp3) is 0. The maximum atomic E-state index is 12.7. The lowest BCUT2D eigenvalue weighted by molar-refractivity contribution is 0.0942. The number of pyridine rings is 2. The molecule has 0 aromatic carbocycles. The van der Waals surface area contributed by atoms with E-state index in [1.165, 1.54) is 37.2 Å². The van der Waals surface area contributed by atoms with Crippen LogP contribution in [0.25, 0.3) is 0 Å². The van der Waals surface area contributed by atoms with Crippen LogP contribution in [0.3, 0.4) is 0 Å². The van der Waals surface area contributed by atoms with Crippen molar-refractivity contribution < 1.29 is 9.59 Å². The molecule has 178 valence electrons. The highest BCUT2D eigenvalue weighted by Crippen LogP contribution is 2.08. The number of nitrogens with zero attached hydrogens (tertiary/aromatic N) is 8. The Bertz CT molecular complexity index is 1330. The maximum absolute atomic E-state index is 12.7. The minimum absolute atomic E-state index is 0.0722. The summed E-state index contributed by atoms with van der Waals surface area (Å²) in [6, 6.07) is 10.1. The van der Waals surface area contributed by atoms with Crippen molar-refractivity contribution in [1.82, 2.24) is 40.8 Å². The summed E-state index contributed by atoms with van der Waals surface area (Å²) < 4.78 is 0. The van der Waals surface area contributed by atoms with E-state index in [0.717, 1.165) is 0 Å². The molecule has 4 aromatic rings. The van der Waals surface area contributed by atoms with E-state index in [9.17, 15) is 9.59 Å². The van der Waals surface area contributed by atoms with Gasteiger partial charge in [0.1, 0.15) is 11.4 Å². The number of hydrazone groups is 2. The first-order valence-electron chi connectivity index (χ1n) is 10.3. The molecule has 6 N–H and O–H groups in total. The van der Waals surface area contributed by atoms with Crippen LogP contribution in [0, 0.1) is 0 Å². The van der Waals surface area contributed by atoms with E-state index < -0.39 is 11.8 Å². The van der Waals surface area contributed by atoms with Gasteiger partial charge in [-0.05, 0) is 24.3 Å². The third-order valence-electron chi connectivity index (χ3n) is 4.46. The summed E-state index contributed by atoms with van der Waals surface area (Å²) in [6.07, 6.45) is 8.41. The summed E-state index contributed by atoms with van der Waals surface area (Å²) in [6.45, 7) is 0. The molecule has 14 nitrogen and oxygen atoms in total. The highest BCUT2D eigenvalue weighted by Gasteiger charge is 2.20. The molecular formula is C22H18N12O2. The number of nitrogen functional groups attached to an aromatic ring is 2. The predicted molar refractivity (Wildman–Crippen MR) is 129 cm³/mol. The van der Waals surface area contributed by atoms with Crippen LogP contribution in [0.2, 0.25) is 0 Å². The van der Waals surface area contributed by atoms with Gasteiger partial charge in [-0.15, -0.1) is 0 Å². The molecule has 14 heteroatoms. The molecule has 0 spiro atoms. The molecule has 4 heterocycles. The summed E-state index contributed by atoms with van der Waals surface area (Å²) in [5, 5.41) is 8.43. The highest BCUT2D eigenvalue weighted by molar-refractivity contribution is 6.52. The summed E-state index contributed by atoms with van der Waals surface area (Å²) in [5.74, 6) is -1.58. The van der Waals surface area contributed by atoms with Crippen molar-refractivity contribution in [1.29, 1.82) is 0 Å². The molecular weight excluding hydrogens is 464 g/mol. The molecule has 0 unspecified atom stereocenters. The molecule has 0 aliphatic heterocycles. The van der Waals surface area contributed by atoms with Crippen LogP contribution in [0.5, 0.6) is 0 Å². The van der Waals surface area contributed by atoms with Crippen LogP contribution in [0.4, 0.5) is 11.6 Å². The number of anilines is 2. The standard InChI is InChI=1S/C22H18N12O2/c23-19-17(27-9-11-29-19)21(35)33-31-15(13-5-1-3-7-25-13)16(14-6-2-4-8-26-14)32-34-22(36)18-20(24)30-12-10-28-18/h1-12H,(H2,23,29)(H2,24,30)(H,33,35)(H,34,36)/b31-15+,32-16+. The van der Waals surface area contributed by atoms with Gasteiger partial charge < -0.3 is 11.5 Å². The van der Waals surface area contributed by atoms with Gasteiger partial charge in [-0.2, -0.15) is 10.2 Å². The number of nitrogens with one attached hydrogen (secondary N) is 2. The number of aromatic nitrogens is 6. The largest absolute Gasteiger partial charge is 0.382 e. The Balaban J connectivity index is 1.76. The normalized spacial score (nSPS) is 11.6. The number of hydrogen-bond donors (Lipinski definition) is 4. The van der Waals surface area contributed by atoms with Crippen molar-refractivity contribution in [2.75, 3.05) is 11.5 Å². The number of rotatable bonds is 7. The Morgan fingerprint density at radius 1 is 0.583 bits per heavy atom. The molecule has 0 saturated heterocycles. The smallest absolute Gasteiger partial charge is 0.293 e. The molecule has 0 atom stereocenters. The third kappa shape index (κ3) is 5.45. The Morgan fingerprint density at radius 2 is 1.00 bits per heavy atom. The quantitative estimate of drug-likeness (QED) is 0.207. The van der Waals surface area contributed by atoms with E-state index in [1.807, 2.05) is 0 Å². The second-order valence-electron chi connectivity index (χ2n) is 6.81. The first kappa shape index (κ1) is 23.5. The van der Waals surface area contributed by atoms with E-state index in [0.29, 0.717) is 11.4 Å². The number of amides is 2. The lowest BCUT2D eigenvalue weighted by Crippen LogP contribution is -2.30. The molecule has 2 amide bonds. The Morgan fingerprint density at radius 3 is 1.36 bits per heavy atom. The van der Waals surface area contributed by atoms with Crippen molar-refractivity contribution in [2.45, 2.75) is 0 Å². The molecule has 4 aromatic heterocycles. The van der Waals surface area contributed by atoms with Crippen LogP contribution in [-0.4, -0.2) is 53.1 Å². The van der Waals surface area contributed by atoms with Gasteiger partial charge in [0.05, 0.1) is 11.4 Å². The van der Waals surface area contributed by atoms with Gasteiger partial charge >= 0.3 is 0 Å². The van der Waals surface area contributed by atoms with E-state index >= 15 is 0 Å². The molecule has 0 bridgehead atoms. The Hall–Kier alpha value is -5.66. The first-order valence-corrected chi connectivity index (χ1v) is 10.3. The Labute approximate surface area is 203 Å². The van der Waals surface area contributed by atoms with Crippen molar-refractivity contribution >= 4 is 34.9 Å². The van der Waals surface area contributed by atoms with Gasteiger partial charge in [0.2, 0.25) is 0 Å². The summed E-state index contributed by atoms with van der Waals surface area (Å²) in [4.78, 5) is 49.5. The van der Waals surface area contributed by atoms with Gasteiger partial charge in [-0.1, -0.05) is 12.1 Å². The van der Waals surface area contributed by atoms with Crippen molar-refractivity contribution in [3.05, 3.63) is 96.4 Å². The topological polar surface area (TPSA) is 212 Å². The van der Waals surface area contributed by atoms with Gasteiger partial charge in [0, 0.05) is 37.2 Å². The van der Waals surface area contributed by atoms with Gasteiger partial charge in [0.15, 0.2) is 23.0 Å². The van der Waals surface area contributed by atoms with Crippen molar-refractivity contribution in [2.24, 2.45) is 10.2 Å². The number of nitrogens with two attached hydrogens (primary N) is 2. The molecule has 0 aliphatic carbocycles. The number of hydrogen-bond acceptors (Lipinski definition) is 12. The van der Waals surface area contributed by atoms with Crippen molar-refractivity contribution in [3.63, 3.8) is 0 Å². The second-order valence-corrected chi connectivity index (χ2v) is 6.81. The van der Waals surface area contributed by atoms with Gasteiger partial charge in [-0.3, -0.25) is 19.6 Å².